The molecule has 1 saturated heterocycles. The van der Waals surface area contributed by atoms with E-state index < -0.39 is 24.0 Å². The van der Waals surface area contributed by atoms with Crippen LogP contribution in [0.25, 0.3) is 0 Å². The van der Waals surface area contributed by atoms with Gasteiger partial charge in [-0.1, -0.05) is 55.8 Å². The molecular formula is C44H66N2O10. The smallest absolute Gasteiger partial charge is 0.239 e. The molecule has 0 bridgehead atoms. The first kappa shape index (κ1) is 42.6. The van der Waals surface area contributed by atoms with Gasteiger partial charge in [0.05, 0.1) is 44.7 Å². The molecule has 56 heavy (non-hydrogen) atoms. The maximum atomic E-state index is 14.7. The van der Waals surface area contributed by atoms with Gasteiger partial charge in [0.2, 0.25) is 18.0 Å². The minimum Gasteiger partial charge on any atom is -0.508 e. The van der Waals surface area contributed by atoms with Gasteiger partial charge in [-0.3, -0.25) is 4.79 Å². The topological polar surface area (TPSA) is 160 Å². The summed E-state index contributed by atoms with van der Waals surface area (Å²) in [5, 5.41) is 45.1. The van der Waals surface area contributed by atoms with Crippen molar-refractivity contribution in [1.29, 1.82) is 0 Å². The van der Waals surface area contributed by atoms with E-state index in [9.17, 15) is 25.2 Å². The molecule has 7 atom stereocenters. The monoisotopic (exact) mass is 782 g/mol. The fourth-order valence-electron chi connectivity index (χ4n) is 10.1. The fourth-order valence-corrected chi connectivity index (χ4v) is 10.1. The van der Waals surface area contributed by atoms with Crippen LogP contribution in [0, 0.1) is 23.7 Å². The van der Waals surface area contributed by atoms with Crippen molar-refractivity contribution in [1.82, 2.24) is 4.90 Å². The average Bonchev–Trinajstić information content (AvgIpc) is 3.74. The Hall–Kier alpha value is -3.00. The van der Waals surface area contributed by atoms with Crippen molar-refractivity contribution in [3.05, 3.63) is 48.1 Å². The van der Waals surface area contributed by atoms with Gasteiger partial charge < -0.3 is 49.1 Å². The molecule has 3 fully saturated rings. The lowest BCUT2D eigenvalue weighted by Gasteiger charge is -2.60. The predicted octanol–water partition coefficient (Wildman–Crippen LogP) is 6.36. The number of phenolic OH excluding ortho intramolecular Hbond substituents is 1. The van der Waals surface area contributed by atoms with Crippen molar-refractivity contribution in [3.63, 3.8) is 0 Å². The summed E-state index contributed by atoms with van der Waals surface area (Å²) < 4.78 is 26.0. The number of phenols is 1. The van der Waals surface area contributed by atoms with E-state index in [1.54, 1.807) is 12.1 Å². The number of ether oxygens (including phenoxy) is 4. The molecule has 5 aliphatic rings. The highest BCUT2D eigenvalue weighted by Crippen LogP contribution is 2.62. The second kappa shape index (κ2) is 21.1. The Morgan fingerprint density at radius 2 is 1.77 bits per heavy atom. The minimum absolute atomic E-state index is 0.00627. The van der Waals surface area contributed by atoms with Gasteiger partial charge in [-0.05, 0) is 86.5 Å². The lowest BCUT2D eigenvalue weighted by atomic mass is 9.55. The summed E-state index contributed by atoms with van der Waals surface area (Å²) in [7, 11) is 0. The second-order valence-electron chi connectivity index (χ2n) is 16.3. The number of allylic oxidation sites excluding steroid dienone is 1. The van der Waals surface area contributed by atoms with E-state index in [-0.39, 0.29) is 75.6 Å². The number of fused-ring (bicyclic) bond motifs is 2. The number of carbonyl (C=O) groups excluding carboxylic acids is 1. The van der Waals surface area contributed by atoms with Crippen LogP contribution in [0.4, 0.5) is 0 Å². The molecule has 0 spiro atoms. The lowest BCUT2D eigenvalue weighted by molar-refractivity contribution is -0.258. The van der Waals surface area contributed by atoms with Crippen LogP contribution in [0.1, 0.15) is 114 Å². The number of benzene rings is 1. The van der Waals surface area contributed by atoms with Crippen molar-refractivity contribution in [2.75, 3.05) is 52.8 Å². The number of aliphatic hydroxyl groups is 3. The Morgan fingerprint density at radius 3 is 2.50 bits per heavy atom. The molecule has 12 nitrogen and oxygen atoms in total. The molecule has 1 aromatic carbocycles. The number of hydrogen-bond donors (Lipinski definition) is 4. The Balaban J connectivity index is 1.52. The Labute approximate surface area is 332 Å². The van der Waals surface area contributed by atoms with Gasteiger partial charge in [-0.2, -0.15) is 0 Å². The summed E-state index contributed by atoms with van der Waals surface area (Å²) in [6.45, 7) is 5.53. The first-order chi connectivity index (χ1) is 27.4. The van der Waals surface area contributed by atoms with Gasteiger partial charge in [0, 0.05) is 50.5 Å². The highest BCUT2D eigenvalue weighted by molar-refractivity contribution is 6.03. The summed E-state index contributed by atoms with van der Waals surface area (Å²) in [5.41, 5.74) is 2.54. The zero-order chi connectivity index (χ0) is 39.3. The zero-order valence-corrected chi connectivity index (χ0v) is 33.2. The van der Waals surface area contributed by atoms with Crippen LogP contribution < -0.4 is 4.74 Å². The summed E-state index contributed by atoms with van der Waals surface area (Å²) >= 11 is 0. The van der Waals surface area contributed by atoms with Gasteiger partial charge in [0.1, 0.15) is 17.5 Å². The van der Waals surface area contributed by atoms with Crippen LogP contribution in [0.2, 0.25) is 0 Å². The maximum Gasteiger partial charge on any atom is 0.239 e. The molecule has 4 N–H and O–H groups in total. The first-order valence-corrected chi connectivity index (χ1v) is 21.5. The van der Waals surface area contributed by atoms with Crippen LogP contribution in [0.3, 0.4) is 0 Å². The third kappa shape index (κ3) is 9.99. The predicted molar refractivity (Wildman–Crippen MR) is 212 cm³/mol. The molecule has 2 saturated carbocycles. The number of carbonyl (C=O) groups is 1. The van der Waals surface area contributed by atoms with Gasteiger partial charge in [0.15, 0.2) is 0 Å². The van der Waals surface area contributed by atoms with Crippen molar-refractivity contribution in [2.45, 2.75) is 127 Å². The molecule has 12 heteroatoms. The molecule has 1 amide bonds. The standard InChI is InChI=1S/C44H66N2O10/c1-2-24-54-44-39(46(20-26-52-27-23-49)40(51)19-16-31-11-3-4-12-31)30-37(45-56-41-15-7-10-25-53-41)35-28-32(13-5-8-21-47)34(14-6-9-22-48)42(43(35)44)36-29-33(50)17-18-38(36)55-44/h2,17-18,28-29,31-32,34,39,41-43,47-50H,1,3-16,19-27,30H2/t32-,34+,39-,41?,42+,43+,44+/m0/s1. The quantitative estimate of drug-likeness (QED) is 0.0593. The maximum absolute atomic E-state index is 14.7. The van der Waals surface area contributed by atoms with E-state index in [1.807, 2.05) is 17.0 Å². The highest BCUT2D eigenvalue weighted by Gasteiger charge is 2.65. The summed E-state index contributed by atoms with van der Waals surface area (Å²) in [5.74, 6) is -0.642. The Bertz CT molecular complexity index is 1470. The number of aromatic hydroxyl groups is 1. The Morgan fingerprint density at radius 1 is 0.982 bits per heavy atom. The number of amides is 1. The number of nitrogens with zero attached hydrogens (tertiary/aromatic N) is 2. The van der Waals surface area contributed by atoms with Gasteiger partial charge in [-0.15, -0.1) is 6.58 Å². The third-order valence-corrected chi connectivity index (χ3v) is 12.7. The van der Waals surface area contributed by atoms with Crippen LogP contribution in [-0.4, -0.2) is 108 Å². The van der Waals surface area contributed by atoms with E-state index in [4.69, 9.17) is 28.9 Å². The fraction of sp³-hybridized carbons (Fsp3) is 0.727. The molecule has 1 unspecified atom stereocenters. The molecule has 6 rings (SSSR count). The van der Waals surface area contributed by atoms with E-state index in [0.29, 0.717) is 44.0 Å². The largest absolute Gasteiger partial charge is 0.508 e. The molecule has 0 aromatic heterocycles. The van der Waals surface area contributed by atoms with Crippen molar-refractivity contribution >= 4 is 11.6 Å². The van der Waals surface area contributed by atoms with Gasteiger partial charge >= 0.3 is 0 Å². The number of aliphatic hydroxyl groups excluding tert-OH is 3. The number of unbranched alkanes of at least 4 members (excludes halogenated alkanes) is 2. The van der Waals surface area contributed by atoms with Crippen molar-refractivity contribution in [3.8, 4) is 11.5 Å². The molecule has 3 aliphatic carbocycles. The SMILES string of the molecule is C=CCO[C@@]12Oc3ccc(O)cc3[C@H]3[C@H](CCCCO)[C@@H](CCCCO)C=C(C(=NOC4CCCCO4)C[C@@H]1N(CCOCCO)C(=O)CCC1CCCC1)[C@H]32. The van der Waals surface area contributed by atoms with E-state index >= 15 is 0 Å². The van der Waals surface area contributed by atoms with Crippen LogP contribution in [-0.2, 0) is 23.8 Å². The number of oxime groups is 1. The van der Waals surface area contributed by atoms with Gasteiger partial charge in [0.25, 0.3) is 0 Å². The molecular weight excluding hydrogens is 716 g/mol. The first-order valence-electron chi connectivity index (χ1n) is 21.5. The van der Waals surface area contributed by atoms with Crippen molar-refractivity contribution < 1.29 is 49.0 Å². The second-order valence-corrected chi connectivity index (χ2v) is 16.3. The summed E-state index contributed by atoms with van der Waals surface area (Å²) in [6, 6.07) is 4.60. The average molecular weight is 783 g/mol. The van der Waals surface area contributed by atoms with E-state index in [0.717, 1.165) is 81.1 Å². The lowest BCUT2D eigenvalue weighted by Crippen LogP contribution is -2.70. The Kier molecular flexibility index (Phi) is 16.1. The summed E-state index contributed by atoms with van der Waals surface area (Å²) in [4.78, 5) is 22.9. The number of rotatable bonds is 22. The van der Waals surface area contributed by atoms with Crippen LogP contribution in [0.5, 0.6) is 11.5 Å². The zero-order valence-electron chi connectivity index (χ0n) is 33.2. The molecule has 2 aliphatic heterocycles. The normalized spacial score (nSPS) is 29.3. The van der Waals surface area contributed by atoms with E-state index in [2.05, 4.69) is 12.7 Å². The van der Waals surface area contributed by atoms with Crippen LogP contribution in [0.15, 0.2) is 47.7 Å². The number of hydrogen-bond acceptors (Lipinski definition) is 11. The molecule has 312 valence electrons. The molecule has 0 radical (unpaired) electrons. The highest BCUT2D eigenvalue weighted by atomic mass is 16.8. The minimum atomic E-state index is -1.37. The van der Waals surface area contributed by atoms with Gasteiger partial charge in [-0.25, -0.2) is 0 Å². The van der Waals surface area contributed by atoms with E-state index in [1.165, 1.54) is 12.8 Å². The van der Waals surface area contributed by atoms with Crippen LogP contribution >= 0.6 is 0 Å². The summed E-state index contributed by atoms with van der Waals surface area (Å²) in [6.07, 6.45) is 17.1. The molecule has 2 heterocycles. The molecule has 1 aromatic rings. The third-order valence-electron chi connectivity index (χ3n) is 12.7. The van der Waals surface area contributed by atoms with Crippen molar-refractivity contribution in [2.24, 2.45) is 28.8 Å².